The van der Waals surface area contributed by atoms with Crippen LogP contribution in [0.3, 0.4) is 0 Å². The Bertz CT molecular complexity index is 2490. The third-order valence-electron chi connectivity index (χ3n) is 11.9. The molecule has 1 aliphatic heterocycles. The van der Waals surface area contributed by atoms with Crippen molar-refractivity contribution in [2.75, 3.05) is 0 Å². The highest BCUT2D eigenvalue weighted by Gasteiger charge is 2.54. The summed E-state index contributed by atoms with van der Waals surface area (Å²) in [5.41, 5.74) is 10.6. The van der Waals surface area contributed by atoms with E-state index < -0.39 is 8.07 Å². The smallest absolute Gasteiger partial charge is 0.136 e. The van der Waals surface area contributed by atoms with Gasteiger partial charge in [-0.25, -0.2) is 0 Å². The van der Waals surface area contributed by atoms with Gasteiger partial charge in [-0.15, -0.1) is 22.7 Å². The quantitative estimate of drug-likeness (QED) is 0.0960. The van der Waals surface area contributed by atoms with Crippen molar-refractivity contribution in [3.8, 4) is 20.9 Å². The first-order chi connectivity index (χ1) is 29.2. The van der Waals surface area contributed by atoms with E-state index in [1.165, 1.54) is 110 Å². The normalized spacial score (nSPS) is 13.7. The number of unbranched alkanes of at least 4 members (excludes halogenated alkanes) is 2. The van der Waals surface area contributed by atoms with Crippen LogP contribution in [0.1, 0.15) is 71.5 Å². The Labute approximate surface area is 359 Å². The van der Waals surface area contributed by atoms with Gasteiger partial charge < -0.3 is 0 Å². The molecule has 290 valence electrons. The van der Waals surface area contributed by atoms with E-state index in [1.54, 1.807) is 0 Å². The first kappa shape index (κ1) is 38.9. The zero-order valence-electron chi connectivity index (χ0n) is 34.0. The van der Waals surface area contributed by atoms with Crippen LogP contribution in [-0.2, 0) is 12.8 Å². The molecule has 8 aromatic rings. The first-order valence-corrected chi connectivity index (χ1v) is 24.9. The zero-order valence-corrected chi connectivity index (χ0v) is 36.7. The predicted octanol–water partition coefficient (Wildman–Crippen LogP) is 14.7. The maximum absolute atomic E-state index is 3.06. The molecular formula is C56H50S2Si. The van der Waals surface area contributed by atoms with Crippen LogP contribution in [0.25, 0.3) is 42.4 Å². The lowest BCUT2D eigenvalue weighted by Gasteiger charge is -2.35. The van der Waals surface area contributed by atoms with Gasteiger partial charge in [-0.2, -0.15) is 0 Å². The Morgan fingerprint density at radius 1 is 0.339 bits per heavy atom. The van der Waals surface area contributed by atoms with E-state index in [1.807, 2.05) is 22.7 Å². The molecule has 3 heteroatoms. The number of hydrogen-bond donors (Lipinski definition) is 0. The van der Waals surface area contributed by atoms with Crippen LogP contribution in [-0.4, -0.2) is 8.07 Å². The Hall–Kier alpha value is -5.58. The molecule has 0 radical (unpaired) electrons. The second-order valence-electron chi connectivity index (χ2n) is 15.6. The number of hydrogen-bond acceptors (Lipinski definition) is 2. The van der Waals surface area contributed by atoms with Crippen LogP contribution in [0.15, 0.2) is 194 Å². The van der Waals surface area contributed by atoms with Crippen molar-refractivity contribution in [1.29, 1.82) is 0 Å². The first-order valence-electron chi connectivity index (χ1n) is 21.3. The summed E-state index contributed by atoms with van der Waals surface area (Å²) < 4.78 is 0. The van der Waals surface area contributed by atoms with Crippen LogP contribution in [0.4, 0.5) is 0 Å². The van der Waals surface area contributed by atoms with Gasteiger partial charge in [-0.05, 0) is 115 Å². The largest absolute Gasteiger partial charge is 0.183 e. The van der Waals surface area contributed by atoms with Gasteiger partial charge in [-0.1, -0.05) is 197 Å². The highest BCUT2D eigenvalue weighted by molar-refractivity contribution is 7.34. The van der Waals surface area contributed by atoms with E-state index in [0.29, 0.717) is 0 Å². The lowest BCUT2D eigenvalue weighted by atomic mass is 9.91. The van der Waals surface area contributed by atoms with Crippen molar-refractivity contribution < 1.29 is 0 Å². The Morgan fingerprint density at radius 3 is 1.03 bits per heavy atom. The van der Waals surface area contributed by atoms with Crippen LogP contribution in [0.2, 0.25) is 0 Å². The van der Waals surface area contributed by atoms with E-state index >= 15 is 0 Å². The van der Waals surface area contributed by atoms with Crippen LogP contribution < -0.4 is 10.4 Å². The fraction of sp³-hybridized carbons (Fsp3) is 0.143. The summed E-state index contributed by atoms with van der Waals surface area (Å²) in [6.07, 6.45) is 7.13. The van der Waals surface area contributed by atoms with Gasteiger partial charge in [0.05, 0.1) is 0 Å². The average Bonchev–Trinajstić information content (AvgIpc) is 4.07. The second kappa shape index (κ2) is 17.7. The maximum atomic E-state index is 2.43. The molecule has 3 heterocycles. The monoisotopic (exact) mass is 814 g/mol. The predicted molar refractivity (Wildman–Crippen MR) is 261 cm³/mol. The van der Waals surface area contributed by atoms with Gasteiger partial charge >= 0.3 is 0 Å². The minimum atomic E-state index is -3.06. The van der Waals surface area contributed by atoms with Crippen LogP contribution in [0.5, 0.6) is 0 Å². The average molecular weight is 815 g/mol. The molecule has 0 spiro atoms. The molecule has 0 bridgehead atoms. The van der Waals surface area contributed by atoms with E-state index in [2.05, 4.69) is 208 Å². The molecule has 6 aromatic carbocycles. The summed E-state index contributed by atoms with van der Waals surface area (Å²) in [6.45, 7) is 4.54. The number of aryl methyl sites for hydroxylation is 2. The fourth-order valence-corrected chi connectivity index (χ4v) is 17.4. The standard InChI is InChI=1S/C56H50S2Si/c1-3-5-19-41-29-33-43(34-30-41)49-37-39-51(57-49)55-53(45-21-11-7-12-22-45)54(46-23-13-8-14-24-46)56(59(55,47-25-15-9-16-26-47)48-27-17-10-18-28-48)52-40-38-50(58-52)44-35-31-42(32-36-44)20-6-4-2/h7-18,21-40H,3-6,19-20H2,1-2H3. The molecule has 0 N–H and O–H groups in total. The molecule has 0 unspecified atom stereocenters. The molecule has 0 nitrogen and oxygen atoms in total. The van der Waals surface area contributed by atoms with Crippen molar-refractivity contribution >= 4 is 62.7 Å². The summed E-state index contributed by atoms with van der Waals surface area (Å²) in [5.74, 6) is 0. The van der Waals surface area contributed by atoms with Crippen molar-refractivity contribution in [3.63, 3.8) is 0 Å². The van der Waals surface area contributed by atoms with Gasteiger partial charge in [0.2, 0.25) is 0 Å². The van der Waals surface area contributed by atoms with Crippen LogP contribution >= 0.6 is 22.7 Å². The molecule has 0 fully saturated rings. The van der Waals surface area contributed by atoms with Crippen molar-refractivity contribution in [2.45, 2.75) is 52.4 Å². The maximum Gasteiger partial charge on any atom is 0.183 e. The van der Waals surface area contributed by atoms with Gasteiger partial charge in [0.15, 0.2) is 8.07 Å². The minimum Gasteiger partial charge on any atom is -0.136 e. The molecule has 1 aliphatic rings. The number of benzene rings is 6. The molecule has 0 saturated heterocycles. The second-order valence-corrected chi connectivity index (χ2v) is 21.5. The van der Waals surface area contributed by atoms with E-state index in [0.717, 1.165) is 12.8 Å². The number of rotatable bonds is 14. The van der Waals surface area contributed by atoms with Crippen molar-refractivity contribution in [2.24, 2.45) is 0 Å². The summed E-state index contributed by atoms with van der Waals surface area (Å²) in [5, 5.41) is 5.75. The molecule has 0 aliphatic carbocycles. The molecule has 9 rings (SSSR count). The summed E-state index contributed by atoms with van der Waals surface area (Å²) in [4.78, 5) is 5.30. The number of thiophene rings is 2. The van der Waals surface area contributed by atoms with E-state index in [4.69, 9.17) is 0 Å². The van der Waals surface area contributed by atoms with Gasteiger partial charge in [-0.3, -0.25) is 0 Å². The van der Waals surface area contributed by atoms with Crippen LogP contribution in [0, 0.1) is 0 Å². The minimum absolute atomic E-state index is 1.13. The molecule has 0 amide bonds. The Kier molecular flexibility index (Phi) is 11.7. The van der Waals surface area contributed by atoms with Crippen molar-refractivity contribution in [1.82, 2.24) is 0 Å². The Morgan fingerprint density at radius 2 is 0.678 bits per heavy atom. The Balaban J connectivity index is 1.35. The summed E-state index contributed by atoms with van der Waals surface area (Å²) in [6, 6.07) is 73.8. The molecule has 59 heavy (non-hydrogen) atoms. The lowest BCUT2D eigenvalue weighted by molar-refractivity contribution is 0.795. The highest BCUT2D eigenvalue weighted by Crippen LogP contribution is 2.57. The topological polar surface area (TPSA) is 0 Å². The van der Waals surface area contributed by atoms with Gasteiger partial charge in [0.1, 0.15) is 0 Å². The summed E-state index contributed by atoms with van der Waals surface area (Å²) >= 11 is 3.91. The molecule has 0 saturated carbocycles. The molecule has 0 atom stereocenters. The fourth-order valence-electron chi connectivity index (χ4n) is 8.96. The van der Waals surface area contributed by atoms with Gasteiger partial charge in [0.25, 0.3) is 0 Å². The number of allylic oxidation sites excluding steroid dienone is 2. The zero-order chi connectivity index (χ0) is 40.0. The van der Waals surface area contributed by atoms with Crippen molar-refractivity contribution in [3.05, 3.63) is 226 Å². The molecular weight excluding hydrogens is 765 g/mol. The SMILES string of the molecule is CCCCc1ccc(-c2ccc(C3=C(c4ccccc4)C(c4ccccc4)=C(c4ccc(-c5ccc(CCCC)cc5)s4)[Si]3(c3ccccc3)c3ccccc3)s2)cc1. The van der Waals surface area contributed by atoms with E-state index in [9.17, 15) is 0 Å². The third kappa shape index (κ3) is 7.60. The summed E-state index contributed by atoms with van der Waals surface area (Å²) in [7, 11) is -3.06. The highest BCUT2D eigenvalue weighted by atomic mass is 32.1. The third-order valence-corrected chi connectivity index (χ3v) is 19.5. The lowest BCUT2D eigenvalue weighted by Crippen LogP contribution is -2.59. The van der Waals surface area contributed by atoms with E-state index in [-0.39, 0.29) is 0 Å². The van der Waals surface area contributed by atoms with Gasteiger partial charge in [0, 0.05) is 19.5 Å². The molecule has 2 aromatic heterocycles.